The Balaban J connectivity index is 2.34. The van der Waals surface area contributed by atoms with Gasteiger partial charge in [-0.15, -0.1) is 0 Å². The molecule has 0 radical (unpaired) electrons. The fourth-order valence-corrected chi connectivity index (χ4v) is 3.43. The van der Waals surface area contributed by atoms with E-state index in [9.17, 15) is 14.4 Å². The number of carbonyl (C=O) groups excluding carboxylic acids is 3. The van der Waals surface area contributed by atoms with Gasteiger partial charge in [-0.1, -0.05) is 29.8 Å². The van der Waals surface area contributed by atoms with E-state index in [1.165, 1.54) is 7.11 Å². The normalized spacial score (nSPS) is 12.0. The summed E-state index contributed by atoms with van der Waals surface area (Å²) in [6.45, 7) is 8.86. The van der Waals surface area contributed by atoms with Crippen LogP contribution in [0.1, 0.15) is 60.8 Å². The molecule has 0 saturated carbocycles. The molecule has 9 heteroatoms. The molecule has 0 bridgehead atoms. The van der Waals surface area contributed by atoms with Crippen LogP contribution in [0.3, 0.4) is 0 Å². The first-order valence-electron chi connectivity index (χ1n) is 11.2. The maximum absolute atomic E-state index is 12.5. The molecule has 8 nitrogen and oxygen atoms in total. The van der Waals surface area contributed by atoms with Crippen LogP contribution in [-0.2, 0) is 18.9 Å². The second kappa shape index (κ2) is 12.6. The Morgan fingerprint density at radius 3 is 2.40 bits per heavy atom. The first-order valence-corrected chi connectivity index (χ1v) is 11.6. The minimum atomic E-state index is -0.859. The van der Waals surface area contributed by atoms with Crippen LogP contribution in [-0.4, -0.2) is 55.5 Å². The summed E-state index contributed by atoms with van der Waals surface area (Å²) in [6, 6.07) is 12.3. The van der Waals surface area contributed by atoms with E-state index < -0.39 is 29.9 Å². The molecule has 35 heavy (non-hydrogen) atoms. The lowest BCUT2D eigenvalue weighted by Gasteiger charge is -2.26. The lowest BCUT2D eigenvalue weighted by atomic mass is 9.96. The summed E-state index contributed by atoms with van der Waals surface area (Å²) in [6.07, 6.45) is -2.34. The number of halogens is 1. The van der Waals surface area contributed by atoms with Crippen molar-refractivity contribution in [1.82, 2.24) is 4.90 Å². The zero-order chi connectivity index (χ0) is 26.2. The van der Waals surface area contributed by atoms with E-state index in [2.05, 4.69) is 0 Å². The Kier molecular flexibility index (Phi) is 10.1. The third kappa shape index (κ3) is 8.26. The molecule has 0 aliphatic rings. The zero-order valence-corrected chi connectivity index (χ0v) is 21.7. The molecule has 0 aliphatic carbocycles. The number of esters is 1. The van der Waals surface area contributed by atoms with Crippen LogP contribution in [0.5, 0.6) is 0 Å². The number of hydrogen-bond acceptors (Lipinski definition) is 7. The molecule has 0 N–H and O–H groups in total. The number of aryl methyl sites for hydroxylation is 1. The highest BCUT2D eigenvalue weighted by Crippen LogP contribution is 2.31. The number of rotatable bonds is 8. The maximum atomic E-state index is 12.5. The lowest BCUT2D eigenvalue weighted by Crippen LogP contribution is -2.42. The van der Waals surface area contributed by atoms with Gasteiger partial charge in [0.15, 0.2) is 0 Å². The van der Waals surface area contributed by atoms with E-state index in [-0.39, 0.29) is 19.8 Å². The molecule has 2 amide bonds. The maximum Gasteiger partial charge on any atom is 0.419 e. The van der Waals surface area contributed by atoms with Gasteiger partial charge in [0.1, 0.15) is 11.7 Å². The van der Waals surface area contributed by atoms with Gasteiger partial charge in [-0.05, 0) is 75.6 Å². The Bertz CT molecular complexity index is 1050. The Morgan fingerprint density at radius 1 is 1.06 bits per heavy atom. The van der Waals surface area contributed by atoms with Gasteiger partial charge in [0, 0.05) is 5.02 Å². The third-order valence-electron chi connectivity index (χ3n) is 4.83. The largest absolute Gasteiger partial charge is 0.462 e. The van der Waals surface area contributed by atoms with Crippen molar-refractivity contribution in [1.29, 1.82) is 0 Å². The van der Waals surface area contributed by atoms with E-state index in [0.29, 0.717) is 16.1 Å². The van der Waals surface area contributed by atoms with Crippen molar-refractivity contribution < 1.29 is 33.3 Å². The Labute approximate surface area is 211 Å². The summed E-state index contributed by atoms with van der Waals surface area (Å²) in [5, 5.41) is 0.519. The monoisotopic (exact) mass is 505 g/mol. The number of benzene rings is 2. The molecule has 190 valence electrons. The molecule has 1 atom stereocenters. The van der Waals surface area contributed by atoms with Crippen LogP contribution in [0.2, 0.25) is 5.02 Å². The number of imide groups is 1. The molecular weight excluding hydrogens is 474 g/mol. The highest BCUT2D eigenvalue weighted by atomic mass is 35.5. The Morgan fingerprint density at radius 2 is 1.77 bits per heavy atom. The van der Waals surface area contributed by atoms with Crippen molar-refractivity contribution >= 4 is 29.8 Å². The standard InChI is InChI=1S/C26H32ClNO7/c1-7-33-23(29)19-10-8-9-18(15-19)22(21-16-20(27)12-11-17(21)2)34-14-13-28(24(30)32-6)25(31)35-26(3,4)5/h8-12,15-16,22H,7,13-14H2,1-6H3/t22-/m0/s1. The summed E-state index contributed by atoms with van der Waals surface area (Å²) in [5.74, 6) is -0.447. The zero-order valence-electron chi connectivity index (χ0n) is 20.9. The van der Waals surface area contributed by atoms with Gasteiger partial charge >= 0.3 is 18.2 Å². The van der Waals surface area contributed by atoms with Crippen molar-refractivity contribution in [3.63, 3.8) is 0 Å². The summed E-state index contributed by atoms with van der Waals surface area (Å²) in [7, 11) is 1.18. The molecule has 0 spiro atoms. The molecule has 0 heterocycles. The van der Waals surface area contributed by atoms with Crippen molar-refractivity contribution in [3.05, 3.63) is 69.7 Å². The van der Waals surface area contributed by atoms with Crippen molar-refractivity contribution in [3.8, 4) is 0 Å². The first-order chi connectivity index (χ1) is 16.5. The van der Waals surface area contributed by atoms with Gasteiger partial charge in [-0.25, -0.2) is 19.3 Å². The third-order valence-corrected chi connectivity index (χ3v) is 5.07. The molecule has 0 fully saturated rings. The average Bonchev–Trinajstić information content (AvgIpc) is 2.79. The van der Waals surface area contributed by atoms with Crippen LogP contribution in [0.15, 0.2) is 42.5 Å². The van der Waals surface area contributed by atoms with E-state index in [4.69, 9.17) is 30.5 Å². The van der Waals surface area contributed by atoms with Crippen LogP contribution < -0.4 is 0 Å². The summed E-state index contributed by atoms with van der Waals surface area (Å²) in [4.78, 5) is 37.9. The smallest absolute Gasteiger partial charge is 0.419 e. The highest BCUT2D eigenvalue weighted by Gasteiger charge is 2.28. The summed E-state index contributed by atoms with van der Waals surface area (Å²) < 4.78 is 21.3. The van der Waals surface area contributed by atoms with Gasteiger partial charge in [0.05, 0.1) is 32.4 Å². The molecule has 0 unspecified atom stereocenters. The van der Waals surface area contributed by atoms with Gasteiger partial charge < -0.3 is 18.9 Å². The fraction of sp³-hybridized carbons (Fsp3) is 0.423. The SMILES string of the molecule is CCOC(=O)c1cccc([C@H](OCCN(C(=O)OC)C(=O)OC(C)(C)C)c2cc(Cl)ccc2C)c1. The minimum Gasteiger partial charge on any atom is -0.462 e. The molecule has 2 aromatic rings. The summed E-state index contributed by atoms with van der Waals surface area (Å²) >= 11 is 6.26. The number of carbonyl (C=O) groups is 3. The second-order valence-corrected chi connectivity index (χ2v) is 9.14. The molecule has 0 aromatic heterocycles. The second-order valence-electron chi connectivity index (χ2n) is 8.70. The van der Waals surface area contributed by atoms with Crippen LogP contribution in [0.25, 0.3) is 0 Å². The molecule has 2 rings (SSSR count). The molecular formula is C26H32ClNO7. The van der Waals surface area contributed by atoms with Crippen molar-refractivity contribution in [2.45, 2.75) is 46.3 Å². The predicted molar refractivity (Wildman–Crippen MR) is 132 cm³/mol. The van der Waals surface area contributed by atoms with Gasteiger partial charge in [0.25, 0.3) is 0 Å². The van der Waals surface area contributed by atoms with E-state index >= 15 is 0 Å². The Hall–Kier alpha value is -3.10. The predicted octanol–water partition coefficient (Wildman–Crippen LogP) is 5.93. The number of nitrogens with zero attached hydrogens (tertiary/aromatic N) is 1. The lowest BCUT2D eigenvalue weighted by molar-refractivity contribution is 0.0122. The van der Waals surface area contributed by atoms with E-state index in [1.54, 1.807) is 58.0 Å². The van der Waals surface area contributed by atoms with Gasteiger partial charge in [0.2, 0.25) is 0 Å². The fourth-order valence-electron chi connectivity index (χ4n) is 3.25. The van der Waals surface area contributed by atoms with Crippen LogP contribution in [0.4, 0.5) is 9.59 Å². The number of ether oxygens (including phenoxy) is 4. The topological polar surface area (TPSA) is 91.4 Å². The summed E-state index contributed by atoms with van der Waals surface area (Å²) in [5.41, 5.74) is 1.96. The van der Waals surface area contributed by atoms with Crippen molar-refractivity contribution in [2.75, 3.05) is 26.9 Å². The average molecular weight is 506 g/mol. The minimum absolute atomic E-state index is 0.0331. The quantitative estimate of drug-likeness (QED) is 0.324. The highest BCUT2D eigenvalue weighted by molar-refractivity contribution is 6.30. The van der Waals surface area contributed by atoms with Crippen LogP contribution in [0, 0.1) is 6.92 Å². The first kappa shape index (κ1) is 28.1. The molecule has 0 aliphatic heterocycles. The van der Waals surface area contributed by atoms with E-state index in [0.717, 1.165) is 16.0 Å². The molecule has 2 aromatic carbocycles. The molecule has 0 saturated heterocycles. The van der Waals surface area contributed by atoms with Crippen molar-refractivity contribution in [2.24, 2.45) is 0 Å². The van der Waals surface area contributed by atoms with E-state index in [1.807, 2.05) is 19.1 Å². The van der Waals surface area contributed by atoms with Gasteiger partial charge in [-0.3, -0.25) is 0 Å². The number of methoxy groups -OCH3 is 1. The number of hydrogen-bond donors (Lipinski definition) is 0. The van der Waals surface area contributed by atoms with Gasteiger partial charge in [-0.2, -0.15) is 0 Å². The number of amides is 2. The van der Waals surface area contributed by atoms with Crippen LogP contribution >= 0.6 is 11.6 Å².